The zero-order valence-electron chi connectivity index (χ0n) is 17.7. The Morgan fingerprint density at radius 3 is 2.50 bits per heavy atom. The average Bonchev–Trinajstić information content (AvgIpc) is 3.23. The summed E-state index contributed by atoms with van der Waals surface area (Å²) in [5.74, 6) is 1.04. The molecule has 0 bridgehead atoms. The number of piperazine rings is 1. The van der Waals surface area contributed by atoms with E-state index in [4.69, 9.17) is 9.72 Å². The standard InChI is InChI=1S/C23H28N4O2S/c1-17(23-24-20-6-4-5-7-21(20)30-23)25(2)16-22(28)27-14-12-26(13-15-27)18-8-10-19(29-3)11-9-18/h4-11,17H,12-16H2,1-3H3/t17-/m1/s1. The van der Waals surface area contributed by atoms with Gasteiger partial charge in [0.25, 0.3) is 0 Å². The second-order valence-corrected chi connectivity index (χ2v) is 8.74. The van der Waals surface area contributed by atoms with Gasteiger partial charge in [-0.05, 0) is 50.4 Å². The molecule has 1 aromatic heterocycles. The fraction of sp³-hybridized carbons (Fsp3) is 0.391. The fourth-order valence-electron chi connectivity index (χ4n) is 3.71. The van der Waals surface area contributed by atoms with Crippen LogP contribution in [0.5, 0.6) is 5.75 Å². The van der Waals surface area contributed by atoms with E-state index in [1.807, 2.05) is 42.3 Å². The predicted octanol–water partition coefficient (Wildman–Crippen LogP) is 3.65. The molecule has 0 spiro atoms. The third kappa shape index (κ3) is 4.42. The summed E-state index contributed by atoms with van der Waals surface area (Å²) in [6, 6.07) is 16.4. The van der Waals surface area contributed by atoms with E-state index < -0.39 is 0 Å². The van der Waals surface area contributed by atoms with E-state index in [-0.39, 0.29) is 11.9 Å². The molecule has 30 heavy (non-hydrogen) atoms. The molecule has 7 heteroatoms. The van der Waals surface area contributed by atoms with Gasteiger partial charge in [0.05, 0.1) is 29.9 Å². The molecule has 158 valence electrons. The lowest BCUT2D eigenvalue weighted by Gasteiger charge is -2.37. The van der Waals surface area contributed by atoms with Crippen molar-refractivity contribution >= 4 is 33.1 Å². The Morgan fingerprint density at radius 1 is 1.13 bits per heavy atom. The maximum atomic E-state index is 12.9. The molecule has 0 saturated carbocycles. The Balaban J connectivity index is 1.31. The molecular formula is C23H28N4O2S. The highest BCUT2D eigenvalue weighted by Gasteiger charge is 2.24. The average molecular weight is 425 g/mol. The number of likely N-dealkylation sites (N-methyl/N-ethyl adjacent to an activating group) is 1. The van der Waals surface area contributed by atoms with Crippen molar-refractivity contribution < 1.29 is 9.53 Å². The molecule has 4 rings (SSSR count). The van der Waals surface area contributed by atoms with Gasteiger partial charge in [-0.3, -0.25) is 9.69 Å². The maximum absolute atomic E-state index is 12.9. The molecule has 6 nitrogen and oxygen atoms in total. The quantitative estimate of drug-likeness (QED) is 0.605. The Hall–Kier alpha value is -2.64. The summed E-state index contributed by atoms with van der Waals surface area (Å²) in [6.45, 7) is 5.69. The first-order chi connectivity index (χ1) is 14.5. The highest BCUT2D eigenvalue weighted by molar-refractivity contribution is 7.18. The number of amides is 1. The van der Waals surface area contributed by atoms with Crippen molar-refractivity contribution in [2.45, 2.75) is 13.0 Å². The first-order valence-electron chi connectivity index (χ1n) is 10.3. The first-order valence-corrected chi connectivity index (χ1v) is 11.1. The number of carbonyl (C=O) groups is 1. The topological polar surface area (TPSA) is 48.9 Å². The van der Waals surface area contributed by atoms with Crippen molar-refractivity contribution in [1.82, 2.24) is 14.8 Å². The third-order valence-electron chi connectivity index (χ3n) is 5.78. The predicted molar refractivity (Wildman–Crippen MR) is 122 cm³/mol. The third-order valence-corrected chi connectivity index (χ3v) is 6.99. The normalized spacial score (nSPS) is 15.6. The Kier molecular flexibility index (Phi) is 6.20. The highest BCUT2D eigenvalue weighted by Crippen LogP contribution is 2.28. The maximum Gasteiger partial charge on any atom is 0.236 e. The largest absolute Gasteiger partial charge is 0.497 e. The van der Waals surface area contributed by atoms with Gasteiger partial charge in [-0.25, -0.2) is 4.98 Å². The van der Waals surface area contributed by atoms with Crippen LogP contribution in [0.2, 0.25) is 0 Å². The van der Waals surface area contributed by atoms with E-state index in [2.05, 4.69) is 34.9 Å². The second-order valence-electron chi connectivity index (χ2n) is 7.68. The Labute approximate surface area is 181 Å². The summed E-state index contributed by atoms with van der Waals surface area (Å²) in [5, 5.41) is 1.05. The van der Waals surface area contributed by atoms with E-state index >= 15 is 0 Å². The summed E-state index contributed by atoms with van der Waals surface area (Å²) in [4.78, 5) is 24.0. The van der Waals surface area contributed by atoms with Crippen molar-refractivity contribution in [2.75, 3.05) is 51.8 Å². The Morgan fingerprint density at radius 2 is 1.83 bits per heavy atom. The van der Waals surface area contributed by atoms with Crippen LogP contribution in [0.15, 0.2) is 48.5 Å². The van der Waals surface area contributed by atoms with Crippen molar-refractivity contribution in [2.24, 2.45) is 0 Å². The number of nitrogens with zero attached hydrogens (tertiary/aromatic N) is 4. The number of anilines is 1. The monoisotopic (exact) mass is 424 g/mol. The highest BCUT2D eigenvalue weighted by atomic mass is 32.1. The number of carbonyl (C=O) groups excluding carboxylic acids is 1. The van der Waals surface area contributed by atoms with Crippen LogP contribution in [-0.4, -0.2) is 67.6 Å². The van der Waals surface area contributed by atoms with E-state index in [9.17, 15) is 4.79 Å². The second kappa shape index (κ2) is 9.02. The van der Waals surface area contributed by atoms with E-state index in [0.717, 1.165) is 42.5 Å². The number of aromatic nitrogens is 1. The number of hydrogen-bond acceptors (Lipinski definition) is 6. The van der Waals surface area contributed by atoms with Gasteiger partial charge < -0.3 is 14.5 Å². The molecule has 1 atom stereocenters. The molecule has 1 aliphatic heterocycles. The molecule has 0 radical (unpaired) electrons. The molecule has 2 aromatic carbocycles. The number of para-hydroxylation sites is 1. The molecular weight excluding hydrogens is 396 g/mol. The van der Waals surface area contributed by atoms with Gasteiger partial charge in [-0.2, -0.15) is 0 Å². The van der Waals surface area contributed by atoms with Gasteiger partial charge in [-0.1, -0.05) is 12.1 Å². The summed E-state index contributed by atoms with van der Waals surface area (Å²) in [6.07, 6.45) is 0. The lowest BCUT2D eigenvalue weighted by molar-refractivity contribution is -0.132. The number of fused-ring (bicyclic) bond motifs is 1. The summed E-state index contributed by atoms with van der Waals surface area (Å²) in [7, 11) is 3.68. The molecule has 2 heterocycles. The van der Waals surface area contributed by atoms with E-state index in [1.54, 1.807) is 18.4 Å². The molecule has 0 unspecified atom stereocenters. The van der Waals surface area contributed by atoms with Gasteiger partial charge >= 0.3 is 0 Å². The minimum atomic E-state index is 0.104. The number of rotatable bonds is 6. The van der Waals surface area contributed by atoms with Crippen LogP contribution >= 0.6 is 11.3 Å². The summed E-state index contributed by atoms with van der Waals surface area (Å²) < 4.78 is 6.42. The number of benzene rings is 2. The van der Waals surface area contributed by atoms with Crippen LogP contribution < -0.4 is 9.64 Å². The Bertz CT molecular complexity index is 963. The van der Waals surface area contributed by atoms with Crippen molar-refractivity contribution in [3.05, 3.63) is 53.5 Å². The van der Waals surface area contributed by atoms with Crippen LogP contribution in [0.1, 0.15) is 18.0 Å². The van der Waals surface area contributed by atoms with Gasteiger partial charge in [0, 0.05) is 31.9 Å². The van der Waals surface area contributed by atoms with Crippen LogP contribution in [0, 0.1) is 0 Å². The van der Waals surface area contributed by atoms with Crippen LogP contribution in [0.25, 0.3) is 10.2 Å². The van der Waals surface area contributed by atoms with Crippen LogP contribution in [0.3, 0.4) is 0 Å². The number of hydrogen-bond donors (Lipinski definition) is 0. The smallest absolute Gasteiger partial charge is 0.236 e. The molecule has 3 aromatic rings. The van der Waals surface area contributed by atoms with Crippen molar-refractivity contribution in [3.63, 3.8) is 0 Å². The van der Waals surface area contributed by atoms with Gasteiger partial charge in [0.1, 0.15) is 10.8 Å². The molecule has 0 aliphatic carbocycles. The fourth-order valence-corrected chi connectivity index (χ4v) is 4.80. The lowest BCUT2D eigenvalue weighted by Crippen LogP contribution is -2.51. The minimum Gasteiger partial charge on any atom is -0.497 e. The van der Waals surface area contributed by atoms with Crippen molar-refractivity contribution in [3.8, 4) is 5.75 Å². The molecule has 0 N–H and O–H groups in total. The molecule has 1 amide bonds. The summed E-state index contributed by atoms with van der Waals surface area (Å²) >= 11 is 1.70. The molecule has 1 fully saturated rings. The van der Waals surface area contributed by atoms with E-state index in [1.165, 1.54) is 10.4 Å². The number of methoxy groups -OCH3 is 1. The first kappa shape index (κ1) is 20.6. The van der Waals surface area contributed by atoms with Crippen LogP contribution in [0.4, 0.5) is 5.69 Å². The zero-order chi connectivity index (χ0) is 21.1. The van der Waals surface area contributed by atoms with E-state index in [0.29, 0.717) is 6.54 Å². The van der Waals surface area contributed by atoms with Gasteiger partial charge in [0.15, 0.2) is 0 Å². The van der Waals surface area contributed by atoms with Crippen molar-refractivity contribution in [1.29, 1.82) is 0 Å². The minimum absolute atomic E-state index is 0.104. The van der Waals surface area contributed by atoms with Crippen LogP contribution in [-0.2, 0) is 4.79 Å². The zero-order valence-corrected chi connectivity index (χ0v) is 18.6. The van der Waals surface area contributed by atoms with Gasteiger partial charge in [0.2, 0.25) is 5.91 Å². The number of ether oxygens (including phenoxy) is 1. The number of thiazole rings is 1. The molecule has 1 aliphatic rings. The van der Waals surface area contributed by atoms with Gasteiger partial charge in [-0.15, -0.1) is 11.3 Å². The summed E-state index contributed by atoms with van der Waals surface area (Å²) in [5.41, 5.74) is 2.20. The SMILES string of the molecule is COc1ccc(N2CCN(C(=O)CN(C)[C@H](C)c3nc4ccccc4s3)CC2)cc1. The lowest BCUT2D eigenvalue weighted by atomic mass is 10.2. The molecule has 1 saturated heterocycles.